The summed E-state index contributed by atoms with van der Waals surface area (Å²) in [5.41, 5.74) is 3.76. The van der Waals surface area contributed by atoms with Crippen molar-refractivity contribution in [1.29, 1.82) is 0 Å². The molecule has 0 saturated carbocycles. The molecule has 0 spiro atoms. The summed E-state index contributed by atoms with van der Waals surface area (Å²) < 4.78 is 1.59. The zero-order valence-corrected chi connectivity index (χ0v) is 23.3. The summed E-state index contributed by atoms with van der Waals surface area (Å²) >= 11 is 6.33. The molecule has 198 valence electrons. The number of aryl methyl sites for hydroxylation is 2. The monoisotopic (exact) mass is 531 g/mol. The van der Waals surface area contributed by atoms with E-state index in [-0.39, 0.29) is 11.6 Å². The van der Waals surface area contributed by atoms with Crippen LogP contribution in [0, 0.1) is 13.8 Å². The number of rotatable bonds is 8. The summed E-state index contributed by atoms with van der Waals surface area (Å²) in [6.45, 7) is 7.05. The summed E-state index contributed by atoms with van der Waals surface area (Å²) in [4.78, 5) is 36.6. The minimum atomic E-state index is -0.476. The molecule has 3 aromatic carbocycles. The maximum Gasteiger partial charge on any atom is 0.322 e. The zero-order valence-electron chi connectivity index (χ0n) is 22.5. The van der Waals surface area contributed by atoms with Crippen molar-refractivity contribution >= 4 is 34.2 Å². The second-order valence-electron chi connectivity index (χ2n) is 9.73. The summed E-state index contributed by atoms with van der Waals surface area (Å²) in [5.74, 6) is 0.494. The summed E-state index contributed by atoms with van der Waals surface area (Å²) in [6.07, 6.45) is 0.555. The van der Waals surface area contributed by atoms with Gasteiger partial charge in [0.05, 0.1) is 22.6 Å². The number of aromatic nitrogens is 2. The molecule has 0 radical (unpaired) electrons. The van der Waals surface area contributed by atoms with Gasteiger partial charge in [0.2, 0.25) is 0 Å². The van der Waals surface area contributed by atoms with Gasteiger partial charge in [-0.05, 0) is 75.8 Å². The van der Waals surface area contributed by atoms with E-state index in [1.165, 1.54) is 0 Å². The van der Waals surface area contributed by atoms with Gasteiger partial charge in [0, 0.05) is 23.8 Å². The lowest BCUT2D eigenvalue weighted by atomic mass is 10.1. The highest BCUT2D eigenvalue weighted by atomic mass is 35.5. The van der Waals surface area contributed by atoms with E-state index >= 15 is 0 Å². The number of hydrogen-bond donors (Lipinski definition) is 1. The lowest BCUT2D eigenvalue weighted by molar-refractivity contribution is 0.173. The van der Waals surface area contributed by atoms with E-state index in [4.69, 9.17) is 16.6 Å². The van der Waals surface area contributed by atoms with Crippen molar-refractivity contribution in [3.05, 3.63) is 99.1 Å². The summed E-state index contributed by atoms with van der Waals surface area (Å²) in [5, 5.41) is 4.16. The maximum atomic E-state index is 13.9. The molecule has 1 aromatic heterocycles. The van der Waals surface area contributed by atoms with Crippen LogP contribution in [0.1, 0.15) is 36.3 Å². The molecule has 0 aliphatic rings. The van der Waals surface area contributed by atoms with Crippen LogP contribution in [0.2, 0.25) is 5.02 Å². The Morgan fingerprint density at radius 2 is 1.68 bits per heavy atom. The van der Waals surface area contributed by atoms with E-state index in [0.717, 1.165) is 16.8 Å². The van der Waals surface area contributed by atoms with Gasteiger partial charge in [-0.15, -0.1) is 0 Å². The minimum absolute atomic E-state index is 0.200. The topological polar surface area (TPSA) is 70.5 Å². The second-order valence-corrected chi connectivity index (χ2v) is 10.2. The van der Waals surface area contributed by atoms with Gasteiger partial charge >= 0.3 is 6.03 Å². The third kappa shape index (κ3) is 5.74. The number of urea groups is 1. The highest BCUT2D eigenvalue weighted by Crippen LogP contribution is 2.28. The number of likely N-dealkylation sites (N-methyl/N-ethyl adjacent to an activating group) is 1. The van der Waals surface area contributed by atoms with Crippen molar-refractivity contribution < 1.29 is 4.79 Å². The summed E-state index contributed by atoms with van der Waals surface area (Å²) in [6, 6.07) is 19.7. The molecule has 8 heteroatoms. The summed E-state index contributed by atoms with van der Waals surface area (Å²) in [7, 11) is 3.94. The largest absolute Gasteiger partial charge is 0.322 e. The predicted octanol–water partition coefficient (Wildman–Crippen LogP) is 6.20. The quantitative estimate of drug-likeness (QED) is 0.294. The number of hydrogen-bond acceptors (Lipinski definition) is 4. The van der Waals surface area contributed by atoms with Crippen molar-refractivity contribution in [2.24, 2.45) is 0 Å². The molecule has 4 aromatic rings. The van der Waals surface area contributed by atoms with Crippen LogP contribution >= 0.6 is 11.6 Å². The molecular weight excluding hydrogens is 498 g/mol. The molecule has 1 unspecified atom stereocenters. The Balaban J connectivity index is 1.89. The number of benzene rings is 3. The Morgan fingerprint density at radius 1 is 1.00 bits per heavy atom. The van der Waals surface area contributed by atoms with Crippen molar-refractivity contribution in [2.75, 3.05) is 32.5 Å². The number of carbonyl (C=O) groups excluding carboxylic acids is 1. The fourth-order valence-electron chi connectivity index (χ4n) is 4.68. The van der Waals surface area contributed by atoms with Crippen LogP contribution in [0.5, 0.6) is 0 Å². The van der Waals surface area contributed by atoms with Gasteiger partial charge in [-0.1, -0.05) is 54.9 Å². The first kappa shape index (κ1) is 27.4. The maximum absolute atomic E-state index is 13.9. The van der Waals surface area contributed by atoms with E-state index in [9.17, 15) is 9.59 Å². The van der Waals surface area contributed by atoms with Crippen molar-refractivity contribution in [3.63, 3.8) is 0 Å². The molecule has 1 heterocycles. The smallest absolute Gasteiger partial charge is 0.313 e. The van der Waals surface area contributed by atoms with E-state index in [2.05, 4.69) is 5.32 Å². The van der Waals surface area contributed by atoms with E-state index in [1.807, 2.05) is 88.3 Å². The molecule has 7 nitrogen and oxygen atoms in total. The molecule has 0 fully saturated rings. The molecule has 0 aliphatic heterocycles. The molecule has 1 atom stereocenters. The molecule has 38 heavy (non-hydrogen) atoms. The Labute approximate surface area is 228 Å². The second kappa shape index (κ2) is 11.8. The molecule has 0 aliphatic carbocycles. The lowest BCUT2D eigenvalue weighted by Gasteiger charge is -2.33. The fourth-order valence-corrected chi connectivity index (χ4v) is 4.86. The molecule has 2 amide bonds. The van der Waals surface area contributed by atoms with Gasteiger partial charge in [0.15, 0.2) is 0 Å². The number of amides is 2. The van der Waals surface area contributed by atoms with Crippen LogP contribution in [0.3, 0.4) is 0 Å². The SMILES string of the molecule is CCC(c1nc2ccccc2c(=O)n1-c1cccc(Cl)c1)N(CCN(C)C)C(=O)Nc1c(C)cccc1C. The Kier molecular flexibility index (Phi) is 8.49. The van der Waals surface area contributed by atoms with Crippen molar-refractivity contribution in [1.82, 2.24) is 19.4 Å². The van der Waals surface area contributed by atoms with Gasteiger partial charge in [-0.25, -0.2) is 9.78 Å². The number of nitrogens with zero attached hydrogens (tertiary/aromatic N) is 4. The standard InChI is InChI=1S/C30H34ClN5O2/c1-6-26(35(18-17-34(4)5)30(38)33-27-20(2)11-9-12-21(27)3)28-32-25-16-8-7-15-24(25)29(37)36(28)23-14-10-13-22(31)19-23/h7-16,19,26H,6,17-18H2,1-5H3,(H,33,38). The van der Waals surface area contributed by atoms with Crippen molar-refractivity contribution in [2.45, 2.75) is 33.2 Å². The number of fused-ring (bicyclic) bond motifs is 1. The van der Waals surface area contributed by atoms with Gasteiger partial charge in [-0.2, -0.15) is 0 Å². The van der Waals surface area contributed by atoms with E-state index in [0.29, 0.717) is 46.9 Å². The third-order valence-corrected chi connectivity index (χ3v) is 6.93. The number of anilines is 1. The predicted molar refractivity (Wildman–Crippen MR) is 156 cm³/mol. The lowest BCUT2D eigenvalue weighted by Crippen LogP contribution is -2.44. The Bertz CT molecular complexity index is 1490. The molecule has 4 rings (SSSR count). The van der Waals surface area contributed by atoms with Crippen LogP contribution < -0.4 is 10.9 Å². The molecule has 0 bridgehead atoms. The average molecular weight is 532 g/mol. The number of nitrogens with one attached hydrogen (secondary N) is 1. The number of para-hydroxylation sites is 2. The minimum Gasteiger partial charge on any atom is -0.313 e. The fraction of sp³-hybridized carbons (Fsp3) is 0.300. The van der Waals surface area contributed by atoms with Gasteiger partial charge in [0.25, 0.3) is 5.56 Å². The first-order chi connectivity index (χ1) is 18.2. The normalized spacial score (nSPS) is 12.1. The number of halogens is 1. The molecule has 1 N–H and O–H groups in total. The Hall–Kier alpha value is -3.68. The third-order valence-electron chi connectivity index (χ3n) is 6.69. The van der Waals surface area contributed by atoms with Crippen molar-refractivity contribution in [3.8, 4) is 5.69 Å². The highest BCUT2D eigenvalue weighted by molar-refractivity contribution is 6.30. The average Bonchev–Trinajstić information content (AvgIpc) is 2.88. The number of carbonyl (C=O) groups is 1. The van der Waals surface area contributed by atoms with Crippen LogP contribution in [-0.4, -0.2) is 52.6 Å². The molecular formula is C30H34ClN5O2. The first-order valence-corrected chi connectivity index (χ1v) is 13.1. The van der Waals surface area contributed by atoms with Crippen LogP contribution in [0.25, 0.3) is 16.6 Å². The first-order valence-electron chi connectivity index (χ1n) is 12.8. The van der Waals surface area contributed by atoms with Crippen LogP contribution in [0.4, 0.5) is 10.5 Å². The Morgan fingerprint density at radius 3 is 2.34 bits per heavy atom. The van der Waals surface area contributed by atoms with Gasteiger partial charge < -0.3 is 15.1 Å². The van der Waals surface area contributed by atoms with Gasteiger partial charge in [-0.3, -0.25) is 9.36 Å². The van der Waals surface area contributed by atoms with Crippen LogP contribution in [0.15, 0.2) is 71.5 Å². The van der Waals surface area contributed by atoms with E-state index < -0.39 is 6.04 Å². The molecule has 0 saturated heterocycles. The zero-order chi connectivity index (χ0) is 27.4. The van der Waals surface area contributed by atoms with E-state index in [1.54, 1.807) is 27.7 Å². The van der Waals surface area contributed by atoms with Crippen LogP contribution in [-0.2, 0) is 0 Å². The van der Waals surface area contributed by atoms with Gasteiger partial charge in [0.1, 0.15) is 5.82 Å². The highest BCUT2D eigenvalue weighted by Gasteiger charge is 2.29.